The Labute approximate surface area is 168 Å². The van der Waals surface area contributed by atoms with Gasteiger partial charge in [-0.25, -0.2) is 4.79 Å². The van der Waals surface area contributed by atoms with Crippen LogP contribution in [0.25, 0.3) is 41.8 Å². The van der Waals surface area contributed by atoms with Crippen molar-refractivity contribution in [2.24, 2.45) is 18.1 Å². The molecule has 0 aromatic heterocycles. The van der Waals surface area contributed by atoms with E-state index in [1.807, 2.05) is 6.26 Å². The fraction of sp³-hybridized carbons (Fsp3) is 0.700. The van der Waals surface area contributed by atoms with Gasteiger partial charge in [0.2, 0.25) is 0 Å². The van der Waals surface area contributed by atoms with E-state index < -0.39 is 0 Å². The molecule has 0 aliphatic rings. The molecule has 0 fully saturated rings. The van der Waals surface area contributed by atoms with Gasteiger partial charge < -0.3 is 4.74 Å². The van der Waals surface area contributed by atoms with Crippen LogP contribution in [-0.4, -0.2) is 24.1 Å². The maximum atomic E-state index is 10.8. The number of hydrogen-bond donors (Lipinski definition) is 0. The van der Waals surface area contributed by atoms with Crippen LogP contribution in [0.3, 0.4) is 0 Å². The molecule has 17 heteroatoms. The Bertz CT molecular complexity index is 526. The first-order valence-electron chi connectivity index (χ1n) is 6.89. The normalized spacial score (nSPS) is 8.81. The van der Waals surface area contributed by atoms with Gasteiger partial charge in [0.15, 0.2) is 0 Å². The third-order valence-corrected chi connectivity index (χ3v) is 3.71. The zero-order chi connectivity index (χ0) is 21.2. The first-order chi connectivity index (χ1) is 13.1. The van der Waals surface area contributed by atoms with Gasteiger partial charge in [-0.3, -0.25) is 0 Å². The van der Waals surface area contributed by atoms with Gasteiger partial charge >= 0.3 is 5.97 Å². The van der Waals surface area contributed by atoms with Crippen molar-refractivity contribution < 1.29 is 9.53 Å². The quantitative estimate of drug-likeness (QED) is 0.0834. The standard InChI is InChI=1S/C10H18O2S.2N6S/c1-4-6-7-9(13-3)8-12-10(11)5-2;2*1-3-5-7-6-4-2/h5,9H,2,4,6-8H2,1,3H3;;. The lowest BCUT2D eigenvalue weighted by atomic mass is 10.2. The summed E-state index contributed by atoms with van der Waals surface area (Å²) in [6.45, 7) is 6.01. The number of carbonyl (C=O) groups excluding carboxylic acids is 1. The predicted octanol–water partition coefficient (Wildman–Crippen LogP) is 6.98. The summed E-state index contributed by atoms with van der Waals surface area (Å²) in [4.78, 5) is 19.9. The monoisotopic (exact) mass is 434 g/mol. The lowest BCUT2D eigenvalue weighted by Gasteiger charge is -2.12. The number of rotatable bonds is 11. The van der Waals surface area contributed by atoms with Gasteiger partial charge in [0.05, 0.1) is 0 Å². The number of esters is 1. The molecule has 27 heavy (non-hydrogen) atoms. The number of carbonyl (C=O) groups is 1. The Morgan fingerprint density at radius 3 is 1.81 bits per heavy atom. The van der Waals surface area contributed by atoms with Crippen LogP contribution in [0.4, 0.5) is 0 Å². The molecule has 0 rings (SSSR count). The molecule has 0 spiro atoms. The lowest BCUT2D eigenvalue weighted by molar-refractivity contribution is -0.137. The van der Waals surface area contributed by atoms with Crippen molar-refractivity contribution in [3.63, 3.8) is 0 Å². The van der Waals surface area contributed by atoms with Gasteiger partial charge in [0.1, 0.15) is 6.61 Å². The molecular formula is C10H18N12O2S3. The summed E-state index contributed by atoms with van der Waals surface area (Å²) in [6.07, 6.45) is 6.74. The van der Waals surface area contributed by atoms with Gasteiger partial charge in [-0.05, 0) is 52.9 Å². The van der Waals surface area contributed by atoms with Crippen LogP contribution in [0.1, 0.15) is 26.2 Å². The Balaban J connectivity index is -0.000000350. The fourth-order valence-corrected chi connectivity index (χ4v) is 1.84. The first kappa shape index (κ1) is 29.3. The molecule has 0 heterocycles. The van der Waals surface area contributed by atoms with Gasteiger partial charge in [0, 0.05) is 55.2 Å². The van der Waals surface area contributed by atoms with E-state index in [4.69, 9.17) is 26.9 Å². The summed E-state index contributed by atoms with van der Waals surface area (Å²) in [5, 5.41) is 0.434. The van der Waals surface area contributed by atoms with Crippen molar-refractivity contribution >= 4 is 42.0 Å². The maximum Gasteiger partial charge on any atom is 0.330 e. The van der Waals surface area contributed by atoms with Crippen LogP contribution in [-0.2, 0) is 9.53 Å². The average Bonchev–Trinajstić information content (AvgIpc) is 2.69. The number of hydrogen-bond acceptors (Lipinski definition) is 9. The third-order valence-electron chi connectivity index (χ3n) is 2.08. The van der Waals surface area contributed by atoms with Crippen molar-refractivity contribution in [3.8, 4) is 0 Å². The summed E-state index contributed by atoms with van der Waals surface area (Å²) in [6, 6.07) is 0. The molecule has 0 aliphatic carbocycles. The Hall–Kier alpha value is -2.50. The van der Waals surface area contributed by atoms with E-state index in [9.17, 15) is 4.79 Å². The number of thioether (sulfide) groups is 1. The van der Waals surface area contributed by atoms with Crippen molar-refractivity contribution in [3.05, 3.63) is 54.4 Å². The second-order valence-electron chi connectivity index (χ2n) is 3.68. The molecule has 14 nitrogen and oxygen atoms in total. The molecule has 0 saturated heterocycles. The predicted molar refractivity (Wildman–Crippen MR) is 110 cm³/mol. The van der Waals surface area contributed by atoms with Gasteiger partial charge in [0.25, 0.3) is 0 Å². The van der Waals surface area contributed by atoms with E-state index in [1.165, 1.54) is 18.9 Å². The zero-order valence-corrected chi connectivity index (χ0v) is 17.0. The van der Waals surface area contributed by atoms with Crippen LogP contribution in [0.2, 0.25) is 0 Å². The first-order valence-corrected chi connectivity index (χ1v) is 9.64. The number of nitrogens with zero attached hydrogens (tertiary/aromatic N) is 12. The molecule has 0 amide bonds. The van der Waals surface area contributed by atoms with E-state index in [1.54, 1.807) is 11.8 Å². The molecular weight excluding hydrogens is 416 g/mol. The topological polar surface area (TPSA) is 221 Å². The zero-order valence-electron chi connectivity index (χ0n) is 14.6. The maximum absolute atomic E-state index is 10.8. The van der Waals surface area contributed by atoms with Crippen LogP contribution in [0.5, 0.6) is 0 Å². The molecule has 0 bridgehead atoms. The lowest BCUT2D eigenvalue weighted by Crippen LogP contribution is -2.14. The van der Waals surface area contributed by atoms with Crippen molar-refractivity contribution in [1.82, 2.24) is 0 Å². The minimum atomic E-state index is -0.324. The highest BCUT2D eigenvalue weighted by molar-refractivity contribution is 7.99. The van der Waals surface area contributed by atoms with E-state index in [2.05, 4.69) is 51.2 Å². The van der Waals surface area contributed by atoms with Gasteiger partial charge in [-0.15, -0.1) is 0 Å². The summed E-state index contributed by atoms with van der Waals surface area (Å²) in [7, 11) is 0. The molecule has 0 aromatic rings. The molecule has 0 aromatic carbocycles. The Morgan fingerprint density at radius 1 is 1.07 bits per heavy atom. The largest absolute Gasteiger partial charge is 0.461 e. The molecule has 1 unspecified atom stereocenters. The average molecular weight is 435 g/mol. The molecule has 0 aliphatic heterocycles. The van der Waals surface area contributed by atoms with E-state index >= 15 is 0 Å². The van der Waals surface area contributed by atoms with Gasteiger partial charge in [-0.2, -0.15) is 11.8 Å². The van der Waals surface area contributed by atoms with Gasteiger partial charge in [-0.1, -0.05) is 26.3 Å². The minimum absolute atomic E-state index is 0.324. The van der Waals surface area contributed by atoms with E-state index in [0.717, 1.165) is 6.42 Å². The smallest absolute Gasteiger partial charge is 0.330 e. The Kier molecular flexibility index (Phi) is 30.7. The molecule has 148 valence electrons. The van der Waals surface area contributed by atoms with Crippen LogP contribution in [0, 0.1) is 0 Å². The SMILES string of the molecule is C=CC(=O)OCC(CCCC)SC.[N-]=[N+]=NSN=[N+]=[N-].[N-]=[N+]=NSN=[N+]=[N-]. The second kappa shape index (κ2) is 28.3. The molecule has 0 saturated carbocycles. The fourth-order valence-electron chi connectivity index (χ4n) is 1.03. The molecule has 0 N–H and O–H groups in total. The summed E-state index contributed by atoms with van der Waals surface area (Å²) < 4.78 is 16.3. The van der Waals surface area contributed by atoms with Crippen molar-refractivity contribution in [2.75, 3.05) is 12.9 Å². The Morgan fingerprint density at radius 2 is 1.52 bits per heavy atom. The summed E-state index contributed by atoms with van der Waals surface area (Å²) >= 11 is 2.69. The second-order valence-corrected chi connectivity index (χ2v) is 5.80. The molecule has 1 atom stereocenters. The number of ether oxygens (including phenoxy) is 1. The van der Waals surface area contributed by atoms with E-state index in [-0.39, 0.29) is 5.97 Å². The number of azide groups is 2. The van der Waals surface area contributed by atoms with Crippen LogP contribution >= 0.6 is 36.0 Å². The van der Waals surface area contributed by atoms with E-state index in [0.29, 0.717) is 36.1 Å². The highest BCUT2D eigenvalue weighted by Gasteiger charge is 2.08. The van der Waals surface area contributed by atoms with Crippen molar-refractivity contribution in [2.45, 2.75) is 31.4 Å². The summed E-state index contributed by atoms with van der Waals surface area (Å²) in [5.74, 6) is -0.324. The third kappa shape index (κ3) is 31.7. The number of unbranched alkanes of at least 4 members (excludes halogenated alkanes) is 1. The van der Waals surface area contributed by atoms with Crippen molar-refractivity contribution in [1.29, 1.82) is 0 Å². The van der Waals surface area contributed by atoms with Crippen LogP contribution < -0.4 is 0 Å². The highest BCUT2D eigenvalue weighted by Crippen LogP contribution is 2.14. The highest BCUT2D eigenvalue weighted by atomic mass is 32.2. The van der Waals surface area contributed by atoms with Crippen LogP contribution in [0.15, 0.2) is 30.7 Å². The summed E-state index contributed by atoms with van der Waals surface area (Å²) in [5.41, 5.74) is 30.2. The minimum Gasteiger partial charge on any atom is -0.461 e. The molecule has 0 radical (unpaired) electrons.